The highest BCUT2D eigenvalue weighted by molar-refractivity contribution is 7.12. The van der Waals surface area contributed by atoms with Crippen molar-refractivity contribution < 1.29 is 0 Å². The van der Waals surface area contributed by atoms with Gasteiger partial charge in [-0.25, -0.2) is 10.4 Å². The van der Waals surface area contributed by atoms with E-state index < -0.39 is 0 Å². The topological polar surface area (TPSA) is 50.9 Å². The Morgan fingerprint density at radius 3 is 2.56 bits per heavy atom. The maximum Gasteiger partial charge on any atom is 0.0900 e. The third kappa shape index (κ3) is 2.17. The molecule has 16 heavy (non-hydrogen) atoms. The number of nitrogens with zero attached hydrogens (tertiary/aromatic N) is 1. The van der Waals surface area contributed by atoms with E-state index in [1.807, 2.05) is 13.8 Å². The lowest BCUT2D eigenvalue weighted by Gasteiger charge is -2.13. The molecule has 0 bridgehead atoms. The van der Waals surface area contributed by atoms with Gasteiger partial charge in [0.05, 0.1) is 21.6 Å². The predicted molar refractivity (Wildman–Crippen MR) is 69.8 cm³/mol. The predicted octanol–water partition coefficient (Wildman–Crippen LogP) is 2.68. The monoisotopic (exact) mass is 253 g/mol. The molecule has 1 unspecified atom stereocenters. The van der Waals surface area contributed by atoms with E-state index in [4.69, 9.17) is 5.84 Å². The molecule has 2 heterocycles. The average molecular weight is 253 g/mol. The Morgan fingerprint density at radius 1 is 1.38 bits per heavy atom. The number of thiazole rings is 1. The van der Waals surface area contributed by atoms with Crippen LogP contribution in [0.4, 0.5) is 0 Å². The lowest BCUT2D eigenvalue weighted by Crippen LogP contribution is -2.28. The smallest absolute Gasteiger partial charge is 0.0900 e. The van der Waals surface area contributed by atoms with Gasteiger partial charge < -0.3 is 0 Å². The summed E-state index contributed by atoms with van der Waals surface area (Å²) in [7, 11) is 0. The minimum atomic E-state index is 0.0659. The number of aryl methyl sites for hydroxylation is 3. The molecule has 0 saturated heterocycles. The minimum Gasteiger partial charge on any atom is -0.271 e. The summed E-state index contributed by atoms with van der Waals surface area (Å²) in [5.41, 5.74) is 5.16. The van der Waals surface area contributed by atoms with E-state index in [1.54, 1.807) is 22.7 Å². The molecule has 0 aliphatic heterocycles. The number of nitrogens with two attached hydrogens (primary N) is 1. The number of hydrogen-bond acceptors (Lipinski definition) is 5. The molecule has 5 heteroatoms. The second-order valence-corrected chi connectivity index (χ2v) is 6.12. The molecule has 0 radical (unpaired) electrons. The largest absolute Gasteiger partial charge is 0.271 e. The first-order valence-electron chi connectivity index (χ1n) is 5.07. The molecule has 2 aromatic heterocycles. The highest BCUT2D eigenvalue weighted by Crippen LogP contribution is 2.31. The fraction of sp³-hybridized carbons (Fsp3) is 0.364. The number of nitrogens with one attached hydrogen (secondary N) is 1. The molecule has 3 N–H and O–H groups in total. The number of rotatable bonds is 3. The van der Waals surface area contributed by atoms with E-state index >= 15 is 0 Å². The fourth-order valence-electron chi connectivity index (χ4n) is 1.75. The van der Waals surface area contributed by atoms with E-state index in [9.17, 15) is 0 Å². The van der Waals surface area contributed by atoms with Gasteiger partial charge in [0.15, 0.2) is 0 Å². The molecule has 3 nitrogen and oxygen atoms in total. The van der Waals surface area contributed by atoms with Crippen LogP contribution < -0.4 is 11.3 Å². The van der Waals surface area contributed by atoms with Gasteiger partial charge >= 0.3 is 0 Å². The van der Waals surface area contributed by atoms with Crippen molar-refractivity contribution in [2.75, 3.05) is 0 Å². The zero-order valence-electron chi connectivity index (χ0n) is 9.57. The second kappa shape index (κ2) is 4.63. The third-order valence-electron chi connectivity index (χ3n) is 2.45. The van der Waals surface area contributed by atoms with Crippen LogP contribution in [0.15, 0.2) is 11.4 Å². The highest BCUT2D eigenvalue weighted by Gasteiger charge is 2.18. The molecular weight excluding hydrogens is 238 g/mol. The van der Waals surface area contributed by atoms with E-state index in [-0.39, 0.29) is 6.04 Å². The van der Waals surface area contributed by atoms with Crippen molar-refractivity contribution in [2.45, 2.75) is 26.8 Å². The number of thiophene rings is 1. The molecule has 0 aliphatic rings. The van der Waals surface area contributed by atoms with Crippen molar-refractivity contribution in [3.8, 4) is 0 Å². The summed E-state index contributed by atoms with van der Waals surface area (Å²) >= 11 is 3.45. The van der Waals surface area contributed by atoms with Crippen LogP contribution >= 0.6 is 22.7 Å². The maximum absolute atomic E-state index is 5.66. The quantitative estimate of drug-likeness (QED) is 0.653. The van der Waals surface area contributed by atoms with Gasteiger partial charge in [0.25, 0.3) is 0 Å². The van der Waals surface area contributed by atoms with Gasteiger partial charge in [-0.2, -0.15) is 0 Å². The Morgan fingerprint density at radius 2 is 2.12 bits per heavy atom. The summed E-state index contributed by atoms with van der Waals surface area (Å²) in [4.78, 5) is 6.95. The van der Waals surface area contributed by atoms with Crippen molar-refractivity contribution >= 4 is 22.7 Å². The summed E-state index contributed by atoms with van der Waals surface area (Å²) in [5.74, 6) is 5.66. The molecule has 0 aliphatic carbocycles. The molecule has 0 amide bonds. The molecule has 0 spiro atoms. The van der Waals surface area contributed by atoms with Gasteiger partial charge in [-0.15, -0.1) is 22.7 Å². The minimum absolute atomic E-state index is 0.0659. The lowest BCUT2D eigenvalue weighted by atomic mass is 10.1. The number of aromatic nitrogens is 1. The van der Waals surface area contributed by atoms with Gasteiger partial charge in [0.1, 0.15) is 0 Å². The van der Waals surface area contributed by atoms with Gasteiger partial charge in [-0.1, -0.05) is 0 Å². The van der Waals surface area contributed by atoms with Crippen LogP contribution in [0, 0.1) is 20.8 Å². The van der Waals surface area contributed by atoms with E-state index in [1.165, 1.54) is 15.3 Å². The van der Waals surface area contributed by atoms with E-state index in [2.05, 4.69) is 28.8 Å². The molecule has 1 atom stereocenters. The summed E-state index contributed by atoms with van der Waals surface area (Å²) in [5, 5.41) is 3.23. The first-order chi connectivity index (χ1) is 7.61. The first-order valence-corrected chi connectivity index (χ1v) is 6.76. The molecule has 2 rings (SSSR count). The van der Waals surface area contributed by atoms with Gasteiger partial charge in [0.2, 0.25) is 0 Å². The summed E-state index contributed by atoms with van der Waals surface area (Å²) in [6.45, 7) is 6.16. The summed E-state index contributed by atoms with van der Waals surface area (Å²) in [6.07, 6.45) is 0. The van der Waals surface area contributed by atoms with Crippen LogP contribution in [0.1, 0.15) is 32.1 Å². The maximum atomic E-state index is 5.66. The molecule has 86 valence electrons. The van der Waals surface area contributed by atoms with Crippen molar-refractivity contribution in [1.82, 2.24) is 10.4 Å². The van der Waals surface area contributed by atoms with E-state index in [0.29, 0.717) is 0 Å². The van der Waals surface area contributed by atoms with Crippen LogP contribution in [0.25, 0.3) is 0 Å². The highest BCUT2D eigenvalue weighted by atomic mass is 32.1. The van der Waals surface area contributed by atoms with Crippen molar-refractivity contribution in [3.05, 3.63) is 37.5 Å². The van der Waals surface area contributed by atoms with Gasteiger partial charge in [-0.3, -0.25) is 5.84 Å². The molecule has 0 saturated carbocycles. The van der Waals surface area contributed by atoms with Crippen LogP contribution in [-0.4, -0.2) is 4.98 Å². The molecule has 0 aromatic carbocycles. The Hall–Kier alpha value is -0.750. The van der Waals surface area contributed by atoms with Crippen LogP contribution in [-0.2, 0) is 0 Å². The summed E-state index contributed by atoms with van der Waals surface area (Å²) in [6, 6.07) is 2.24. The molecule has 0 fully saturated rings. The number of hydrogen-bond donors (Lipinski definition) is 2. The number of hydrazine groups is 1. The third-order valence-corrected chi connectivity index (χ3v) is 4.47. The second-order valence-electron chi connectivity index (χ2n) is 3.77. The van der Waals surface area contributed by atoms with Gasteiger partial charge in [-0.05, 0) is 37.8 Å². The Bertz CT molecular complexity index is 487. The van der Waals surface area contributed by atoms with Crippen LogP contribution in [0.3, 0.4) is 0 Å². The average Bonchev–Trinajstić information content (AvgIpc) is 2.76. The summed E-state index contributed by atoms with van der Waals surface area (Å²) < 4.78 is 0. The molecular formula is C11H15N3S2. The Balaban J connectivity index is 2.40. The SMILES string of the molecule is Cc1cc(C(NN)c2sc(C)nc2C)cs1. The zero-order chi connectivity index (χ0) is 11.7. The van der Waals surface area contributed by atoms with E-state index in [0.717, 1.165) is 10.7 Å². The Labute approximate surface area is 103 Å². The van der Waals surface area contributed by atoms with Crippen LogP contribution in [0.2, 0.25) is 0 Å². The van der Waals surface area contributed by atoms with Crippen LogP contribution in [0.5, 0.6) is 0 Å². The Kier molecular flexibility index (Phi) is 3.39. The first kappa shape index (κ1) is 11.7. The zero-order valence-corrected chi connectivity index (χ0v) is 11.2. The van der Waals surface area contributed by atoms with Gasteiger partial charge in [0, 0.05) is 4.88 Å². The normalized spacial score (nSPS) is 13.0. The fourth-order valence-corrected chi connectivity index (χ4v) is 3.50. The lowest BCUT2D eigenvalue weighted by molar-refractivity contribution is 0.644. The van der Waals surface area contributed by atoms with Crippen molar-refractivity contribution in [3.63, 3.8) is 0 Å². The van der Waals surface area contributed by atoms with Crippen molar-refractivity contribution in [2.24, 2.45) is 5.84 Å². The van der Waals surface area contributed by atoms with Crippen molar-refractivity contribution in [1.29, 1.82) is 0 Å². The molecule has 2 aromatic rings. The standard InChI is InChI=1S/C11H15N3S2/c1-6-4-9(5-15-6)10(14-12)11-7(2)13-8(3)16-11/h4-5,10,14H,12H2,1-3H3.